The second-order valence-electron chi connectivity index (χ2n) is 6.35. The maximum absolute atomic E-state index is 13.1. The van der Waals surface area contributed by atoms with Crippen molar-refractivity contribution in [3.8, 4) is 5.75 Å². The quantitative estimate of drug-likeness (QED) is 0.322. The predicted molar refractivity (Wildman–Crippen MR) is 114 cm³/mol. The number of nitrogens with one attached hydrogen (secondary N) is 1. The van der Waals surface area contributed by atoms with Gasteiger partial charge in [0.2, 0.25) is 5.91 Å². The van der Waals surface area contributed by atoms with E-state index in [-0.39, 0.29) is 17.3 Å². The molecule has 0 saturated heterocycles. The maximum Gasteiger partial charge on any atom is 0.293 e. The molecule has 1 N–H and O–H groups in total. The van der Waals surface area contributed by atoms with Crippen molar-refractivity contribution in [1.82, 2.24) is 0 Å². The summed E-state index contributed by atoms with van der Waals surface area (Å²) < 4.78 is 5.18. The number of thioether (sulfide) groups is 1. The van der Waals surface area contributed by atoms with E-state index >= 15 is 0 Å². The van der Waals surface area contributed by atoms with E-state index in [0.29, 0.717) is 0 Å². The molecule has 7 heteroatoms. The van der Waals surface area contributed by atoms with Gasteiger partial charge in [-0.3, -0.25) is 14.9 Å². The number of nitrogens with zero attached hydrogens (tertiary/aromatic N) is 1. The third-order valence-corrected chi connectivity index (χ3v) is 5.53. The standard InChI is InChI=1S/C22H20N2O4S/c1-15-8-13-19(20(14-15)24(26)27)23-22(25)21(16-6-4-3-5-7-16)29-18-11-9-17(28-2)10-12-18/h3-14,21H,1-2H3,(H,23,25). The van der Waals surface area contributed by atoms with Crippen molar-refractivity contribution in [3.63, 3.8) is 0 Å². The summed E-state index contributed by atoms with van der Waals surface area (Å²) in [6, 6.07) is 21.5. The predicted octanol–water partition coefficient (Wildman–Crippen LogP) is 5.38. The number of ether oxygens (including phenoxy) is 1. The van der Waals surface area contributed by atoms with E-state index in [4.69, 9.17) is 4.74 Å². The monoisotopic (exact) mass is 408 g/mol. The number of nitro groups is 1. The number of nitro benzene ring substituents is 1. The van der Waals surface area contributed by atoms with Gasteiger partial charge in [-0.05, 0) is 48.4 Å². The third kappa shape index (κ3) is 5.14. The molecule has 1 amide bonds. The molecule has 0 aliphatic heterocycles. The average Bonchev–Trinajstić information content (AvgIpc) is 2.74. The van der Waals surface area contributed by atoms with E-state index in [1.54, 1.807) is 26.2 Å². The number of carbonyl (C=O) groups is 1. The second kappa shape index (κ2) is 9.25. The smallest absolute Gasteiger partial charge is 0.293 e. The van der Waals surface area contributed by atoms with Crippen molar-refractivity contribution in [2.24, 2.45) is 0 Å². The molecule has 0 heterocycles. The zero-order valence-electron chi connectivity index (χ0n) is 16.0. The summed E-state index contributed by atoms with van der Waals surface area (Å²) in [5.74, 6) is 0.398. The summed E-state index contributed by atoms with van der Waals surface area (Å²) in [4.78, 5) is 24.9. The molecule has 1 unspecified atom stereocenters. The van der Waals surface area contributed by atoms with Crippen LogP contribution in [0, 0.1) is 17.0 Å². The summed E-state index contributed by atoms with van der Waals surface area (Å²) in [6.07, 6.45) is 0. The highest BCUT2D eigenvalue weighted by Crippen LogP contribution is 2.37. The molecule has 0 bridgehead atoms. The van der Waals surface area contributed by atoms with E-state index in [0.717, 1.165) is 21.8 Å². The number of amides is 1. The first-order chi connectivity index (χ1) is 14.0. The van der Waals surface area contributed by atoms with Crippen LogP contribution < -0.4 is 10.1 Å². The molecular formula is C22H20N2O4S. The highest BCUT2D eigenvalue weighted by molar-refractivity contribution is 8.00. The van der Waals surface area contributed by atoms with Gasteiger partial charge in [-0.15, -0.1) is 11.8 Å². The van der Waals surface area contributed by atoms with Gasteiger partial charge in [0.25, 0.3) is 5.69 Å². The van der Waals surface area contributed by atoms with Crippen LogP contribution in [0.1, 0.15) is 16.4 Å². The Morgan fingerprint density at radius 3 is 2.38 bits per heavy atom. The number of hydrogen-bond donors (Lipinski definition) is 1. The molecule has 0 radical (unpaired) electrons. The summed E-state index contributed by atoms with van der Waals surface area (Å²) in [5, 5.41) is 13.5. The fourth-order valence-electron chi connectivity index (χ4n) is 2.79. The Balaban J connectivity index is 1.90. The number of methoxy groups -OCH3 is 1. The largest absolute Gasteiger partial charge is 0.497 e. The number of carbonyl (C=O) groups excluding carboxylic acids is 1. The van der Waals surface area contributed by atoms with Crippen LogP contribution in [-0.2, 0) is 4.79 Å². The molecule has 0 aliphatic carbocycles. The third-order valence-electron chi connectivity index (χ3n) is 4.26. The van der Waals surface area contributed by atoms with Crippen molar-refractivity contribution < 1.29 is 14.5 Å². The summed E-state index contributed by atoms with van der Waals surface area (Å²) in [5.41, 5.74) is 1.61. The van der Waals surface area contributed by atoms with Gasteiger partial charge >= 0.3 is 0 Å². The molecule has 6 nitrogen and oxygen atoms in total. The lowest BCUT2D eigenvalue weighted by Crippen LogP contribution is -2.19. The van der Waals surface area contributed by atoms with Gasteiger partial charge in [0, 0.05) is 11.0 Å². The second-order valence-corrected chi connectivity index (χ2v) is 7.53. The molecule has 0 fully saturated rings. The lowest BCUT2D eigenvalue weighted by molar-refractivity contribution is -0.384. The average molecular weight is 408 g/mol. The van der Waals surface area contributed by atoms with Crippen LogP contribution in [0.5, 0.6) is 5.75 Å². The zero-order valence-corrected chi connectivity index (χ0v) is 16.8. The molecule has 0 aromatic heterocycles. The maximum atomic E-state index is 13.1. The van der Waals surface area contributed by atoms with E-state index in [2.05, 4.69) is 5.32 Å². The Labute approximate surface area is 173 Å². The number of hydrogen-bond acceptors (Lipinski definition) is 5. The Morgan fingerprint density at radius 1 is 1.07 bits per heavy atom. The minimum absolute atomic E-state index is 0.125. The van der Waals surface area contributed by atoms with Gasteiger partial charge in [0.15, 0.2) is 0 Å². The van der Waals surface area contributed by atoms with E-state index in [9.17, 15) is 14.9 Å². The summed E-state index contributed by atoms with van der Waals surface area (Å²) in [7, 11) is 1.59. The lowest BCUT2D eigenvalue weighted by atomic mass is 10.1. The molecule has 0 spiro atoms. The van der Waals surface area contributed by atoms with Crippen LogP contribution in [-0.4, -0.2) is 17.9 Å². The van der Waals surface area contributed by atoms with Crippen molar-refractivity contribution in [2.75, 3.05) is 12.4 Å². The van der Waals surface area contributed by atoms with Crippen LogP contribution in [0.2, 0.25) is 0 Å². The first kappa shape index (κ1) is 20.4. The molecular weight excluding hydrogens is 388 g/mol. The molecule has 1 atom stereocenters. The number of aryl methyl sites for hydroxylation is 1. The normalized spacial score (nSPS) is 11.5. The fraction of sp³-hybridized carbons (Fsp3) is 0.136. The van der Waals surface area contributed by atoms with E-state index < -0.39 is 10.2 Å². The molecule has 0 aliphatic rings. The minimum atomic E-state index is -0.578. The zero-order chi connectivity index (χ0) is 20.8. The van der Waals surface area contributed by atoms with Gasteiger partial charge < -0.3 is 10.1 Å². The first-order valence-electron chi connectivity index (χ1n) is 8.89. The van der Waals surface area contributed by atoms with Crippen LogP contribution in [0.15, 0.2) is 77.7 Å². The van der Waals surface area contributed by atoms with Gasteiger partial charge in [-0.1, -0.05) is 36.4 Å². The molecule has 148 valence electrons. The number of anilines is 1. The molecule has 3 aromatic rings. The SMILES string of the molecule is COc1ccc(SC(C(=O)Nc2ccc(C)cc2[N+](=O)[O-])c2ccccc2)cc1. The van der Waals surface area contributed by atoms with Gasteiger partial charge in [-0.25, -0.2) is 0 Å². The van der Waals surface area contributed by atoms with Crippen molar-refractivity contribution in [3.05, 3.63) is 94.0 Å². The van der Waals surface area contributed by atoms with Crippen molar-refractivity contribution in [1.29, 1.82) is 0 Å². The Hall–Kier alpha value is -3.32. The van der Waals surface area contributed by atoms with E-state index in [1.807, 2.05) is 54.6 Å². The fourth-order valence-corrected chi connectivity index (χ4v) is 3.81. The van der Waals surface area contributed by atoms with Crippen molar-refractivity contribution >= 4 is 29.0 Å². The highest BCUT2D eigenvalue weighted by atomic mass is 32.2. The van der Waals surface area contributed by atoms with Gasteiger partial charge in [-0.2, -0.15) is 0 Å². The lowest BCUT2D eigenvalue weighted by Gasteiger charge is -2.17. The number of rotatable bonds is 7. The molecule has 3 rings (SSSR count). The molecule has 3 aromatic carbocycles. The van der Waals surface area contributed by atoms with Crippen molar-refractivity contribution in [2.45, 2.75) is 17.1 Å². The van der Waals surface area contributed by atoms with Gasteiger partial charge in [0.1, 0.15) is 16.7 Å². The summed E-state index contributed by atoms with van der Waals surface area (Å²) >= 11 is 1.37. The number of benzene rings is 3. The molecule has 0 saturated carbocycles. The van der Waals surface area contributed by atoms with Crippen LogP contribution in [0.3, 0.4) is 0 Å². The van der Waals surface area contributed by atoms with Crippen LogP contribution in [0.4, 0.5) is 11.4 Å². The Bertz CT molecular complexity index is 1010. The summed E-state index contributed by atoms with van der Waals surface area (Å²) in [6.45, 7) is 1.77. The molecule has 29 heavy (non-hydrogen) atoms. The Morgan fingerprint density at radius 2 is 1.76 bits per heavy atom. The van der Waals surface area contributed by atoms with E-state index in [1.165, 1.54) is 17.8 Å². The Kier molecular flexibility index (Phi) is 6.51. The van der Waals surface area contributed by atoms with Crippen LogP contribution >= 0.6 is 11.8 Å². The highest BCUT2D eigenvalue weighted by Gasteiger charge is 2.25. The topological polar surface area (TPSA) is 81.5 Å². The minimum Gasteiger partial charge on any atom is -0.497 e. The van der Waals surface area contributed by atoms with Crippen LogP contribution in [0.25, 0.3) is 0 Å². The van der Waals surface area contributed by atoms with Gasteiger partial charge in [0.05, 0.1) is 12.0 Å². The first-order valence-corrected chi connectivity index (χ1v) is 9.77.